The Hall–Kier alpha value is -1.88. The number of fused-ring (bicyclic) bond motifs is 2. The molecule has 1 aliphatic heterocycles. The second-order valence-corrected chi connectivity index (χ2v) is 5.59. The van der Waals surface area contributed by atoms with Crippen LogP contribution in [0.2, 0.25) is 0 Å². The van der Waals surface area contributed by atoms with E-state index in [0.29, 0.717) is 6.61 Å². The van der Waals surface area contributed by atoms with Gasteiger partial charge in [0.15, 0.2) is 0 Å². The summed E-state index contributed by atoms with van der Waals surface area (Å²) in [4.78, 5) is 0. The summed E-state index contributed by atoms with van der Waals surface area (Å²) in [5.74, 6) is 0. The Balaban J connectivity index is 1.55. The molecule has 2 aliphatic rings. The Kier molecular flexibility index (Phi) is 3.15. The topological polar surface area (TPSA) is 44.7 Å². The second-order valence-electron chi connectivity index (χ2n) is 5.59. The number of hydrogen-bond acceptors (Lipinski definition) is 4. The van der Waals surface area contributed by atoms with Crippen molar-refractivity contribution in [3.8, 4) is 0 Å². The van der Waals surface area contributed by atoms with E-state index in [4.69, 9.17) is 4.74 Å². The standard InChI is InChI=1S/C17H18N2O2/c20-19-16-8-4-2-6-13(16)11-21-17(19)18-15-10-9-12-5-1-3-7-14(12)15/h1-8,15,17-18,20H,9-11H2/t15-,17?/m1/s1. The number of nitrogens with one attached hydrogen (secondary N) is 1. The van der Waals surface area contributed by atoms with Gasteiger partial charge in [0.05, 0.1) is 12.3 Å². The molecule has 4 rings (SSSR count). The minimum atomic E-state index is -0.504. The van der Waals surface area contributed by atoms with Gasteiger partial charge in [-0.25, -0.2) is 5.06 Å². The van der Waals surface area contributed by atoms with E-state index in [9.17, 15) is 5.21 Å². The van der Waals surface area contributed by atoms with Crippen LogP contribution in [0.15, 0.2) is 48.5 Å². The van der Waals surface area contributed by atoms with Crippen molar-refractivity contribution in [2.75, 3.05) is 5.06 Å². The summed E-state index contributed by atoms with van der Waals surface area (Å²) < 4.78 is 5.76. The number of benzene rings is 2. The van der Waals surface area contributed by atoms with Gasteiger partial charge in [-0.05, 0) is 30.0 Å². The molecule has 0 aromatic heterocycles. The summed E-state index contributed by atoms with van der Waals surface area (Å²) in [5, 5.41) is 15.0. The highest BCUT2D eigenvalue weighted by Gasteiger charge is 2.30. The highest BCUT2D eigenvalue weighted by atomic mass is 16.6. The average molecular weight is 282 g/mol. The van der Waals surface area contributed by atoms with Gasteiger partial charge in [0.1, 0.15) is 0 Å². The van der Waals surface area contributed by atoms with E-state index >= 15 is 0 Å². The molecule has 0 spiro atoms. The van der Waals surface area contributed by atoms with Crippen molar-refractivity contribution in [3.63, 3.8) is 0 Å². The SMILES string of the molecule is ON1c2ccccc2COC1N[C@@H]1CCc2ccccc21. The second kappa shape index (κ2) is 5.15. The van der Waals surface area contributed by atoms with Crippen LogP contribution >= 0.6 is 0 Å². The molecule has 2 N–H and O–H groups in total. The van der Waals surface area contributed by atoms with Gasteiger partial charge >= 0.3 is 0 Å². The molecule has 1 aliphatic carbocycles. The Morgan fingerprint density at radius 3 is 2.71 bits per heavy atom. The molecule has 4 nitrogen and oxygen atoms in total. The van der Waals surface area contributed by atoms with E-state index in [1.807, 2.05) is 24.3 Å². The molecular formula is C17H18N2O2. The molecular weight excluding hydrogens is 264 g/mol. The number of aryl methyl sites for hydroxylation is 1. The molecule has 4 heteroatoms. The van der Waals surface area contributed by atoms with Gasteiger partial charge < -0.3 is 4.74 Å². The highest BCUT2D eigenvalue weighted by molar-refractivity contribution is 5.52. The predicted octanol–water partition coefficient (Wildman–Crippen LogP) is 2.97. The Morgan fingerprint density at radius 2 is 1.81 bits per heavy atom. The van der Waals surface area contributed by atoms with Gasteiger partial charge in [0.2, 0.25) is 6.35 Å². The molecule has 2 aromatic rings. The van der Waals surface area contributed by atoms with E-state index in [1.54, 1.807) is 0 Å². The van der Waals surface area contributed by atoms with Gasteiger partial charge in [-0.15, -0.1) is 0 Å². The summed E-state index contributed by atoms with van der Waals surface area (Å²) in [6.45, 7) is 0.513. The van der Waals surface area contributed by atoms with E-state index < -0.39 is 6.35 Å². The Morgan fingerprint density at radius 1 is 1.05 bits per heavy atom. The van der Waals surface area contributed by atoms with Crippen LogP contribution in [-0.2, 0) is 17.8 Å². The Bertz CT molecular complexity index is 659. The largest absolute Gasteiger partial charge is 0.338 e. The minimum absolute atomic E-state index is 0.228. The fraction of sp³-hybridized carbons (Fsp3) is 0.294. The van der Waals surface area contributed by atoms with Crippen molar-refractivity contribution < 1.29 is 9.94 Å². The van der Waals surface area contributed by atoms with Crippen LogP contribution in [0.3, 0.4) is 0 Å². The van der Waals surface area contributed by atoms with E-state index in [1.165, 1.54) is 16.2 Å². The first-order valence-electron chi connectivity index (χ1n) is 7.34. The van der Waals surface area contributed by atoms with Crippen molar-refractivity contribution in [3.05, 3.63) is 65.2 Å². The molecule has 0 fully saturated rings. The van der Waals surface area contributed by atoms with Crippen molar-refractivity contribution >= 4 is 5.69 Å². The van der Waals surface area contributed by atoms with E-state index in [2.05, 4.69) is 29.6 Å². The predicted molar refractivity (Wildman–Crippen MR) is 79.9 cm³/mol. The van der Waals surface area contributed by atoms with Crippen LogP contribution < -0.4 is 10.4 Å². The van der Waals surface area contributed by atoms with Gasteiger partial charge in [0, 0.05) is 11.6 Å². The van der Waals surface area contributed by atoms with Crippen LogP contribution in [0, 0.1) is 0 Å². The quantitative estimate of drug-likeness (QED) is 0.889. The lowest BCUT2D eigenvalue weighted by molar-refractivity contribution is -0.0529. The lowest BCUT2D eigenvalue weighted by atomic mass is 10.1. The lowest BCUT2D eigenvalue weighted by Gasteiger charge is -2.35. The third-order valence-electron chi connectivity index (χ3n) is 4.33. The number of para-hydroxylation sites is 1. The number of anilines is 1. The molecule has 0 radical (unpaired) electrons. The first-order valence-corrected chi connectivity index (χ1v) is 7.34. The third kappa shape index (κ3) is 2.21. The summed E-state index contributed by atoms with van der Waals surface area (Å²) >= 11 is 0. The van der Waals surface area contributed by atoms with Crippen molar-refractivity contribution in [1.82, 2.24) is 5.32 Å². The molecule has 2 atom stereocenters. The van der Waals surface area contributed by atoms with Crippen LogP contribution in [0.4, 0.5) is 5.69 Å². The molecule has 0 saturated carbocycles. The van der Waals surface area contributed by atoms with E-state index in [-0.39, 0.29) is 6.04 Å². The van der Waals surface area contributed by atoms with Crippen molar-refractivity contribution in [2.45, 2.75) is 31.8 Å². The molecule has 21 heavy (non-hydrogen) atoms. The first-order chi connectivity index (χ1) is 10.3. The normalized spacial score (nSPS) is 23.8. The van der Waals surface area contributed by atoms with Crippen LogP contribution in [-0.4, -0.2) is 11.6 Å². The zero-order chi connectivity index (χ0) is 14.2. The summed E-state index contributed by atoms with van der Waals surface area (Å²) in [6.07, 6.45) is 1.60. The fourth-order valence-electron chi connectivity index (χ4n) is 3.24. The highest BCUT2D eigenvalue weighted by Crippen LogP contribution is 2.33. The molecule has 1 heterocycles. The van der Waals surface area contributed by atoms with Crippen molar-refractivity contribution in [1.29, 1.82) is 0 Å². The van der Waals surface area contributed by atoms with Gasteiger partial charge in [0.25, 0.3) is 0 Å². The molecule has 108 valence electrons. The molecule has 1 unspecified atom stereocenters. The number of hydroxylamine groups is 1. The first kappa shape index (κ1) is 12.8. The lowest BCUT2D eigenvalue weighted by Crippen LogP contribution is -2.49. The summed E-state index contributed by atoms with van der Waals surface area (Å²) in [7, 11) is 0. The number of nitrogens with zero attached hydrogens (tertiary/aromatic N) is 1. The molecule has 0 amide bonds. The summed E-state index contributed by atoms with van der Waals surface area (Å²) in [5.41, 5.74) is 4.52. The van der Waals surface area contributed by atoms with E-state index in [0.717, 1.165) is 24.1 Å². The Labute approximate surface area is 123 Å². The number of rotatable bonds is 2. The monoisotopic (exact) mass is 282 g/mol. The maximum Gasteiger partial charge on any atom is 0.210 e. The number of ether oxygens (including phenoxy) is 1. The van der Waals surface area contributed by atoms with Gasteiger partial charge in [-0.2, -0.15) is 0 Å². The zero-order valence-corrected chi connectivity index (χ0v) is 11.7. The maximum atomic E-state index is 10.4. The van der Waals surface area contributed by atoms with Crippen LogP contribution in [0.1, 0.15) is 29.2 Å². The minimum Gasteiger partial charge on any atom is -0.338 e. The van der Waals surface area contributed by atoms with Crippen molar-refractivity contribution in [2.24, 2.45) is 0 Å². The average Bonchev–Trinajstić information content (AvgIpc) is 2.94. The molecule has 2 aromatic carbocycles. The molecule has 0 saturated heterocycles. The van der Waals surface area contributed by atoms with Crippen LogP contribution in [0.25, 0.3) is 0 Å². The number of hydrogen-bond donors (Lipinski definition) is 2. The fourth-order valence-corrected chi connectivity index (χ4v) is 3.24. The molecule has 0 bridgehead atoms. The van der Waals surface area contributed by atoms with Gasteiger partial charge in [-0.3, -0.25) is 10.5 Å². The zero-order valence-electron chi connectivity index (χ0n) is 11.7. The van der Waals surface area contributed by atoms with Gasteiger partial charge in [-0.1, -0.05) is 42.5 Å². The summed E-state index contributed by atoms with van der Waals surface area (Å²) in [6, 6.07) is 16.5. The van der Waals surface area contributed by atoms with Crippen LogP contribution in [0.5, 0.6) is 0 Å². The smallest absolute Gasteiger partial charge is 0.210 e. The third-order valence-corrected chi connectivity index (χ3v) is 4.33. The maximum absolute atomic E-state index is 10.4.